The minimum absolute atomic E-state index is 0.0651. The van der Waals surface area contributed by atoms with Crippen LogP contribution >= 0.6 is 0 Å². The monoisotopic (exact) mass is 353 g/mol. The van der Waals surface area contributed by atoms with E-state index in [1.807, 2.05) is 0 Å². The largest absolute Gasteiger partial charge is 0.337 e. The van der Waals surface area contributed by atoms with E-state index in [-0.39, 0.29) is 23.9 Å². The molecule has 0 aliphatic carbocycles. The maximum absolute atomic E-state index is 12.4. The Labute approximate surface area is 149 Å². The zero-order valence-electron chi connectivity index (χ0n) is 14.8. The normalized spacial score (nSPS) is 34.3. The summed E-state index contributed by atoms with van der Waals surface area (Å²) >= 11 is 0. The van der Waals surface area contributed by atoms with Crippen molar-refractivity contribution in [1.29, 1.82) is 0 Å². The van der Waals surface area contributed by atoms with E-state index in [1.165, 1.54) is 0 Å². The minimum atomic E-state index is -0.449. The molecule has 3 saturated heterocycles. The number of carbonyl (C=O) groups is 2. The Morgan fingerprint density at radius 3 is 1.64 bits per heavy atom. The fraction of sp³-hybridized carbons (Fsp3) is 0.882. The molecule has 3 aliphatic heterocycles. The van der Waals surface area contributed by atoms with Crippen molar-refractivity contribution in [1.82, 2.24) is 26.3 Å². The summed E-state index contributed by atoms with van der Waals surface area (Å²) in [6, 6.07) is -0.355. The van der Waals surface area contributed by atoms with Crippen molar-refractivity contribution in [2.45, 2.75) is 82.2 Å². The molecule has 0 spiro atoms. The molecule has 3 fully saturated rings. The van der Waals surface area contributed by atoms with Crippen LogP contribution in [0.1, 0.15) is 57.8 Å². The van der Waals surface area contributed by atoms with E-state index in [0.717, 1.165) is 63.1 Å². The first-order valence-electron chi connectivity index (χ1n) is 9.70. The third-order valence-corrected chi connectivity index (χ3v) is 5.47. The van der Waals surface area contributed by atoms with Crippen LogP contribution < -0.4 is 21.3 Å². The molecule has 8 nitrogen and oxygen atoms in total. The van der Waals surface area contributed by atoms with E-state index in [1.54, 1.807) is 0 Å². The second-order valence-electron chi connectivity index (χ2n) is 7.36. The molecule has 0 saturated carbocycles. The van der Waals surface area contributed by atoms with Gasteiger partial charge in [0.15, 0.2) is 0 Å². The lowest BCUT2D eigenvalue weighted by atomic mass is 10.0. The van der Waals surface area contributed by atoms with Crippen molar-refractivity contribution >= 4 is 11.8 Å². The molecule has 4 atom stereocenters. The fourth-order valence-corrected chi connectivity index (χ4v) is 3.94. The highest BCUT2D eigenvalue weighted by Crippen LogP contribution is 2.19. The highest BCUT2D eigenvalue weighted by molar-refractivity contribution is 5.82. The van der Waals surface area contributed by atoms with Crippen LogP contribution in [0.2, 0.25) is 0 Å². The van der Waals surface area contributed by atoms with Crippen LogP contribution in [0.5, 0.6) is 0 Å². The molecule has 25 heavy (non-hydrogen) atoms. The number of hydrogen-bond donors (Lipinski definition) is 5. The SMILES string of the molecule is O=C(NC1CCCC(NC(=O)C2CCCCN2)N1O)C1CCCCN1. The zero-order valence-corrected chi connectivity index (χ0v) is 14.8. The predicted octanol–water partition coefficient (Wildman–Crippen LogP) is 0.0303. The summed E-state index contributed by atoms with van der Waals surface area (Å²) in [5.41, 5.74) is 0. The van der Waals surface area contributed by atoms with Crippen LogP contribution in [-0.4, -0.2) is 59.6 Å². The second-order valence-corrected chi connectivity index (χ2v) is 7.36. The number of nitrogens with zero attached hydrogens (tertiary/aromatic N) is 1. The number of hydrogen-bond acceptors (Lipinski definition) is 6. The molecule has 0 aromatic rings. The van der Waals surface area contributed by atoms with Crippen molar-refractivity contribution in [3.8, 4) is 0 Å². The average Bonchev–Trinajstić information content (AvgIpc) is 2.66. The summed E-state index contributed by atoms with van der Waals surface area (Å²) in [5.74, 6) is -0.130. The molecule has 4 unspecified atom stereocenters. The summed E-state index contributed by atoms with van der Waals surface area (Å²) in [5, 5.41) is 23.9. The lowest BCUT2D eigenvalue weighted by Gasteiger charge is -2.39. The van der Waals surface area contributed by atoms with Crippen LogP contribution in [0.4, 0.5) is 0 Å². The van der Waals surface area contributed by atoms with E-state index in [0.29, 0.717) is 12.8 Å². The van der Waals surface area contributed by atoms with Gasteiger partial charge in [-0.1, -0.05) is 12.8 Å². The number of piperidine rings is 3. The molecule has 2 amide bonds. The van der Waals surface area contributed by atoms with Gasteiger partial charge in [-0.15, -0.1) is 5.06 Å². The Morgan fingerprint density at radius 2 is 1.24 bits per heavy atom. The molecule has 0 aromatic heterocycles. The summed E-state index contributed by atoms with van der Waals surface area (Å²) in [6.45, 7) is 1.72. The van der Waals surface area contributed by atoms with Gasteiger partial charge in [-0.05, 0) is 58.0 Å². The molecule has 3 aliphatic rings. The van der Waals surface area contributed by atoms with Gasteiger partial charge in [0.05, 0.1) is 12.1 Å². The van der Waals surface area contributed by atoms with Crippen molar-refractivity contribution in [3.63, 3.8) is 0 Å². The minimum Gasteiger partial charge on any atom is -0.337 e. The standard InChI is InChI=1S/C17H31N5O3/c23-16(12-6-1-3-10-18-12)20-14-8-5-9-15(22(14)25)21-17(24)13-7-2-4-11-19-13/h12-15,18-19,25H,1-11H2,(H,20,23)(H,21,24). The molecule has 5 N–H and O–H groups in total. The lowest BCUT2D eigenvalue weighted by Crippen LogP contribution is -2.62. The summed E-state index contributed by atoms with van der Waals surface area (Å²) < 4.78 is 0. The third kappa shape index (κ3) is 4.91. The van der Waals surface area contributed by atoms with Crippen molar-refractivity contribution in [3.05, 3.63) is 0 Å². The Bertz CT molecular complexity index is 423. The van der Waals surface area contributed by atoms with Gasteiger partial charge in [0, 0.05) is 0 Å². The van der Waals surface area contributed by atoms with Gasteiger partial charge in [0.2, 0.25) is 11.8 Å². The van der Waals surface area contributed by atoms with Crippen LogP contribution in [0.3, 0.4) is 0 Å². The Kier molecular flexibility index (Phi) is 6.63. The smallest absolute Gasteiger partial charge is 0.238 e. The van der Waals surface area contributed by atoms with E-state index in [9.17, 15) is 14.8 Å². The van der Waals surface area contributed by atoms with E-state index < -0.39 is 12.3 Å². The molecular formula is C17H31N5O3. The summed E-state index contributed by atoms with van der Waals surface area (Å²) in [7, 11) is 0. The van der Waals surface area contributed by atoms with Crippen LogP contribution in [0.25, 0.3) is 0 Å². The number of carbonyl (C=O) groups excluding carboxylic acids is 2. The summed E-state index contributed by atoms with van der Waals surface area (Å²) in [6.07, 6.45) is 7.27. The zero-order chi connectivity index (χ0) is 17.6. The van der Waals surface area contributed by atoms with Crippen molar-refractivity contribution < 1.29 is 14.8 Å². The molecule has 3 rings (SSSR count). The van der Waals surface area contributed by atoms with Crippen molar-refractivity contribution in [2.75, 3.05) is 13.1 Å². The van der Waals surface area contributed by atoms with Crippen LogP contribution in [0, 0.1) is 0 Å². The van der Waals surface area contributed by atoms with E-state index in [2.05, 4.69) is 21.3 Å². The summed E-state index contributed by atoms with van der Waals surface area (Å²) in [4.78, 5) is 24.8. The van der Waals surface area contributed by atoms with Gasteiger partial charge in [-0.3, -0.25) is 9.59 Å². The fourth-order valence-electron chi connectivity index (χ4n) is 3.94. The Morgan fingerprint density at radius 1 is 0.760 bits per heavy atom. The van der Waals surface area contributed by atoms with Gasteiger partial charge in [-0.2, -0.15) is 0 Å². The van der Waals surface area contributed by atoms with Crippen LogP contribution in [0.15, 0.2) is 0 Å². The molecular weight excluding hydrogens is 322 g/mol. The Balaban J connectivity index is 1.50. The van der Waals surface area contributed by atoms with Gasteiger partial charge in [0.25, 0.3) is 0 Å². The Hall–Kier alpha value is -1.22. The van der Waals surface area contributed by atoms with Gasteiger partial charge < -0.3 is 26.5 Å². The van der Waals surface area contributed by atoms with Gasteiger partial charge >= 0.3 is 0 Å². The van der Waals surface area contributed by atoms with E-state index in [4.69, 9.17) is 0 Å². The topological polar surface area (TPSA) is 106 Å². The van der Waals surface area contributed by atoms with Gasteiger partial charge in [-0.25, -0.2) is 0 Å². The number of nitrogens with one attached hydrogen (secondary N) is 4. The number of rotatable bonds is 4. The first-order valence-corrected chi connectivity index (χ1v) is 9.70. The molecule has 0 bridgehead atoms. The highest BCUT2D eigenvalue weighted by atomic mass is 16.5. The molecule has 0 radical (unpaired) electrons. The molecule has 142 valence electrons. The predicted molar refractivity (Wildman–Crippen MR) is 92.6 cm³/mol. The highest BCUT2D eigenvalue weighted by Gasteiger charge is 2.34. The second kappa shape index (κ2) is 8.93. The first kappa shape index (κ1) is 18.6. The average molecular weight is 353 g/mol. The first-order chi connectivity index (χ1) is 12.1. The molecule has 0 aromatic carbocycles. The maximum Gasteiger partial charge on any atom is 0.238 e. The van der Waals surface area contributed by atoms with Gasteiger partial charge in [0.1, 0.15) is 12.3 Å². The lowest BCUT2D eigenvalue weighted by molar-refractivity contribution is -0.196. The van der Waals surface area contributed by atoms with E-state index >= 15 is 0 Å². The van der Waals surface area contributed by atoms with Crippen LogP contribution in [-0.2, 0) is 9.59 Å². The number of amides is 2. The molecule has 8 heteroatoms. The van der Waals surface area contributed by atoms with Crippen molar-refractivity contribution in [2.24, 2.45) is 0 Å². The maximum atomic E-state index is 12.4. The third-order valence-electron chi connectivity index (χ3n) is 5.47. The number of hydroxylamine groups is 2. The quantitative estimate of drug-likeness (QED) is 0.488. The molecule has 3 heterocycles.